The Morgan fingerprint density at radius 3 is 2.31 bits per heavy atom. The van der Waals surface area contributed by atoms with Crippen molar-refractivity contribution in [2.24, 2.45) is 5.10 Å². The van der Waals surface area contributed by atoms with Crippen LogP contribution in [0.3, 0.4) is 0 Å². The van der Waals surface area contributed by atoms with Crippen molar-refractivity contribution in [1.29, 1.82) is 0 Å². The number of nitrogens with one attached hydrogen (secondary N) is 2. The van der Waals surface area contributed by atoms with Crippen LogP contribution in [0.25, 0.3) is 0 Å². The van der Waals surface area contributed by atoms with Crippen molar-refractivity contribution in [3.63, 3.8) is 0 Å². The molecule has 0 aliphatic heterocycles. The number of hydrogen-bond donors (Lipinski definition) is 2. The molecule has 0 heterocycles. The lowest BCUT2D eigenvalue weighted by Crippen LogP contribution is -2.32. The van der Waals surface area contributed by atoms with Gasteiger partial charge in [-0.3, -0.25) is 9.59 Å². The van der Waals surface area contributed by atoms with Crippen LogP contribution in [0, 0.1) is 6.92 Å². The number of hydrazone groups is 1. The van der Waals surface area contributed by atoms with E-state index in [4.69, 9.17) is 14.2 Å². The Bertz CT molecular complexity index is 1290. The van der Waals surface area contributed by atoms with Gasteiger partial charge >= 0.3 is 17.8 Å². The number of esters is 1. The maximum Gasteiger partial charge on any atom is 0.343 e. The Morgan fingerprint density at radius 1 is 0.886 bits per heavy atom. The Balaban J connectivity index is 1.70. The van der Waals surface area contributed by atoms with Crippen molar-refractivity contribution in [2.75, 3.05) is 19.5 Å². The van der Waals surface area contributed by atoms with Crippen LogP contribution in [0.2, 0.25) is 0 Å². The molecule has 0 unspecified atom stereocenters. The summed E-state index contributed by atoms with van der Waals surface area (Å²) in [5.41, 5.74) is 4.12. The molecule has 0 fully saturated rings. The highest BCUT2D eigenvalue weighted by molar-refractivity contribution is 9.10. The van der Waals surface area contributed by atoms with E-state index in [-0.39, 0.29) is 11.3 Å². The van der Waals surface area contributed by atoms with Gasteiger partial charge in [-0.15, -0.1) is 0 Å². The minimum absolute atomic E-state index is 0.190. The van der Waals surface area contributed by atoms with Gasteiger partial charge in [0.1, 0.15) is 5.75 Å². The van der Waals surface area contributed by atoms with Crippen molar-refractivity contribution < 1.29 is 28.6 Å². The lowest BCUT2D eigenvalue weighted by Gasteiger charge is -2.11. The number of carbonyl (C=O) groups is 3. The molecule has 2 N–H and O–H groups in total. The van der Waals surface area contributed by atoms with E-state index in [2.05, 4.69) is 31.8 Å². The zero-order valence-electron chi connectivity index (χ0n) is 19.1. The van der Waals surface area contributed by atoms with Crippen LogP contribution < -0.4 is 25.0 Å². The van der Waals surface area contributed by atoms with E-state index < -0.39 is 17.8 Å². The Morgan fingerprint density at radius 2 is 1.60 bits per heavy atom. The zero-order valence-corrected chi connectivity index (χ0v) is 20.7. The average molecular weight is 540 g/mol. The molecule has 3 aromatic carbocycles. The van der Waals surface area contributed by atoms with Gasteiger partial charge in [-0.25, -0.2) is 10.2 Å². The second kappa shape index (κ2) is 11.8. The van der Waals surface area contributed by atoms with E-state index >= 15 is 0 Å². The molecule has 9 nitrogen and oxygen atoms in total. The summed E-state index contributed by atoms with van der Waals surface area (Å²) in [6, 6.07) is 16.6. The van der Waals surface area contributed by atoms with Gasteiger partial charge in [-0.05, 0) is 55.0 Å². The third-order valence-electron chi connectivity index (χ3n) is 4.76. The van der Waals surface area contributed by atoms with Crippen LogP contribution >= 0.6 is 15.9 Å². The molecule has 0 spiro atoms. The second-order valence-corrected chi connectivity index (χ2v) is 8.03. The number of aryl methyl sites for hydroxylation is 1. The molecule has 0 atom stereocenters. The predicted molar refractivity (Wildman–Crippen MR) is 134 cm³/mol. The van der Waals surface area contributed by atoms with Gasteiger partial charge in [0, 0.05) is 15.7 Å². The van der Waals surface area contributed by atoms with Gasteiger partial charge in [0.15, 0.2) is 11.5 Å². The summed E-state index contributed by atoms with van der Waals surface area (Å²) >= 11 is 3.35. The summed E-state index contributed by atoms with van der Waals surface area (Å²) in [6.07, 6.45) is 1.26. The number of ether oxygens (including phenoxy) is 3. The zero-order chi connectivity index (χ0) is 25.4. The Hall–Kier alpha value is -4.18. The highest BCUT2D eigenvalue weighted by Gasteiger charge is 2.16. The first-order chi connectivity index (χ1) is 16.8. The first-order valence-electron chi connectivity index (χ1n) is 10.3. The van der Waals surface area contributed by atoms with Crippen LogP contribution in [0.1, 0.15) is 21.5 Å². The van der Waals surface area contributed by atoms with Crippen LogP contribution in [0.4, 0.5) is 5.69 Å². The molecule has 0 bridgehead atoms. The molecule has 2 amide bonds. The van der Waals surface area contributed by atoms with Crippen LogP contribution in [-0.2, 0) is 9.59 Å². The summed E-state index contributed by atoms with van der Waals surface area (Å²) < 4.78 is 16.6. The van der Waals surface area contributed by atoms with Gasteiger partial charge < -0.3 is 19.5 Å². The summed E-state index contributed by atoms with van der Waals surface area (Å²) in [4.78, 5) is 37.0. The number of carbonyl (C=O) groups excluding carboxylic acids is 3. The third kappa shape index (κ3) is 6.67. The number of anilines is 1. The van der Waals surface area contributed by atoms with Gasteiger partial charge in [-0.1, -0.05) is 34.1 Å². The molecule has 180 valence electrons. The smallest absolute Gasteiger partial charge is 0.343 e. The van der Waals surface area contributed by atoms with Gasteiger partial charge in [0.2, 0.25) is 0 Å². The maximum atomic E-state index is 12.7. The number of hydrogen-bond acceptors (Lipinski definition) is 7. The van der Waals surface area contributed by atoms with Gasteiger partial charge in [0.05, 0.1) is 26.0 Å². The predicted octanol–water partition coefficient (Wildman–Crippen LogP) is 4.08. The summed E-state index contributed by atoms with van der Waals surface area (Å²) in [6.45, 7) is 1.81. The second-order valence-electron chi connectivity index (χ2n) is 7.11. The summed E-state index contributed by atoms with van der Waals surface area (Å²) in [5, 5.41) is 6.34. The normalized spacial score (nSPS) is 10.5. The molecule has 0 saturated heterocycles. The van der Waals surface area contributed by atoms with Crippen molar-refractivity contribution in [3.8, 4) is 17.2 Å². The monoisotopic (exact) mass is 539 g/mol. The van der Waals surface area contributed by atoms with E-state index in [9.17, 15) is 14.4 Å². The molecular weight excluding hydrogens is 518 g/mol. The van der Waals surface area contributed by atoms with E-state index in [0.717, 1.165) is 5.56 Å². The van der Waals surface area contributed by atoms with Gasteiger partial charge in [0.25, 0.3) is 0 Å². The fourth-order valence-electron chi connectivity index (χ4n) is 2.94. The molecule has 0 saturated carbocycles. The topological polar surface area (TPSA) is 115 Å². The molecule has 0 aromatic heterocycles. The summed E-state index contributed by atoms with van der Waals surface area (Å²) in [5.74, 6) is -1.41. The number of methoxy groups -OCH3 is 2. The first kappa shape index (κ1) is 25.4. The lowest BCUT2D eigenvalue weighted by atomic mass is 10.2. The number of amides is 2. The standard InChI is InChI=1S/C25H22BrN3O6/c1-15-6-4-5-7-19(15)28-23(30)24(31)29-27-14-17-12-18(26)9-11-20(17)35-25(32)16-8-10-21(33-2)22(13-16)34-3/h4-14H,1-3H3,(H,28,30)(H,29,31)/b27-14+. The number of rotatable bonds is 7. The highest BCUT2D eigenvalue weighted by atomic mass is 79.9. The fraction of sp³-hybridized carbons (Fsp3) is 0.120. The van der Waals surface area contributed by atoms with E-state index in [0.29, 0.717) is 27.2 Å². The SMILES string of the molecule is COc1ccc(C(=O)Oc2ccc(Br)cc2/C=N/NC(=O)C(=O)Nc2ccccc2C)cc1OC. The summed E-state index contributed by atoms with van der Waals surface area (Å²) in [7, 11) is 2.96. The first-order valence-corrected chi connectivity index (χ1v) is 11.1. The third-order valence-corrected chi connectivity index (χ3v) is 5.26. The molecule has 3 rings (SSSR count). The number of para-hydroxylation sites is 1. The van der Waals surface area contributed by atoms with E-state index in [1.165, 1.54) is 26.5 Å². The maximum absolute atomic E-state index is 12.7. The van der Waals surface area contributed by atoms with Crippen LogP contribution in [0.5, 0.6) is 17.2 Å². The Kier molecular flexibility index (Phi) is 8.58. The lowest BCUT2D eigenvalue weighted by molar-refractivity contribution is -0.136. The number of nitrogens with zero attached hydrogens (tertiary/aromatic N) is 1. The molecule has 0 aliphatic carbocycles. The molecular formula is C25H22BrN3O6. The van der Waals surface area contributed by atoms with Crippen LogP contribution in [0.15, 0.2) is 70.2 Å². The van der Waals surface area contributed by atoms with E-state index in [1.54, 1.807) is 42.5 Å². The highest BCUT2D eigenvalue weighted by Crippen LogP contribution is 2.29. The van der Waals surface area contributed by atoms with Crippen molar-refractivity contribution in [3.05, 3.63) is 81.8 Å². The molecule has 0 aliphatic rings. The van der Waals surface area contributed by atoms with Crippen molar-refractivity contribution in [1.82, 2.24) is 5.43 Å². The Labute approximate surface area is 210 Å². The van der Waals surface area contributed by atoms with E-state index in [1.807, 2.05) is 19.1 Å². The number of benzene rings is 3. The molecule has 3 aromatic rings. The molecule has 0 radical (unpaired) electrons. The fourth-order valence-corrected chi connectivity index (χ4v) is 3.32. The minimum Gasteiger partial charge on any atom is -0.493 e. The largest absolute Gasteiger partial charge is 0.493 e. The van der Waals surface area contributed by atoms with Crippen LogP contribution in [-0.4, -0.2) is 38.2 Å². The van der Waals surface area contributed by atoms with Crippen molar-refractivity contribution >= 4 is 45.6 Å². The van der Waals surface area contributed by atoms with Gasteiger partial charge in [-0.2, -0.15) is 5.10 Å². The molecule has 10 heteroatoms. The van der Waals surface area contributed by atoms with Crippen molar-refractivity contribution in [2.45, 2.75) is 6.92 Å². The minimum atomic E-state index is -0.955. The average Bonchev–Trinajstić information content (AvgIpc) is 2.86. The number of halogens is 1. The molecule has 35 heavy (non-hydrogen) atoms. The quantitative estimate of drug-likeness (QED) is 0.154.